The quantitative estimate of drug-likeness (QED) is 0.247. The molecule has 2 fully saturated rings. The molecule has 1 aromatic carbocycles. The summed E-state index contributed by atoms with van der Waals surface area (Å²) in [6.45, 7) is 3.74. The number of aromatic amines is 1. The van der Waals surface area contributed by atoms with E-state index in [9.17, 15) is 14.9 Å². The van der Waals surface area contributed by atoms with Crippen LogP contribution >= 0.6 is 11.6 Å². The van der Waals surface area contributed by atoms with E-state index in [0.29, 0.717) is 48.7 Å². The first-order valence-corrected chi connectivity index (χ1v) is 12.4. The summed E-state index contributed by atoms with van der Waals surface area (Å²) in [6, 6.07) is 8.76. The Bertz CT molecular complexity index is 1290. The van der Waals surface area contributed by atoms with Gasteiger partial charge in [-0.15, -0.1) is 0 Å². The summed E-state index contributed by atoms with van der Waals surface area (Å²) >= 11 is 6.27. The Kier molecular flexibility index (Phi) is 7.44. The molecule has 0 unspecified atom stereocenters. The number of carbonyl (C=O) groups is 1. The third kappa shape index (κ3) is 6.13. The van der Waals surface area contributed by atoms with Crippen LogP contribution in [0.1, 0.15) is 34.9 Å². The van der Waals surface area contributed by atoms with Crippen molar-refractivity contribution in [2.45, 2.75) is 18.8 Å². The van der Waals surface area contributed by atoms with Crippen molar-refractivity contribution < 1.29 is 19.7 Å². The minimum absolute atomic E-state index is 0.00135. The van der Waals surface area contributed by atoms with Crippen molar-refractivity contribution in [3.8, 4) is 0 Å². The van der Waals surface area contributed by atoms with Gasteiger partial charge in [0.05, 0.1) is 34.5 Å². The number of nitrogens with one attached hydrogen (secondary N) is 4. The average molecular weight is 529 g/mol. The molecule has 3 heterocycles. The second-order valence-corrected chi connectivity index (χ2v) is 9.19. The van der Waals surface area contributed by atoms with Crippen LogP contribution in [0.5, 0.6) is 0 Å². The van der Waals surface area contributed by atoms with Crippen molar-refractivity contribution in [2.24, 2.45) is 0 Å². The third-order valence-corrected chi connectivity index (χ3v) is 6.40. The molecule has 0 spiro atoms. The molecule has 2 aliphatic rings. The number of aromatic nitrogens is 4. The molecule has 2 aromatic heterocycles. The lowest BCUT2D eigenvalue weighted by molar-refractivity contribution is -0.729. The number of benzene rings is 1. The van der Waals surface area contributed by atoms with Crippen molar-refractivity contribution in [1.82, 2.24) is 30.4 Å². The highest BCUT2D eigenvalue weighted by Crippen LogP contribution is 2.40. The van der Waals surface area contributed by atoms with Gasteiger partial charge in [0.25, 0.3) is 10.8 Å². The number of anilines is 4. The van der Waals surface area contributed by atoms with Gasteiger partial charge in [-0.05, 0) is 25.0 Å². The minimum Gasteiger partial charge on any atom is -0.379 e. The van der Waals surface area contributed by atoms with Crippen molar-refractivity contribution in [3.63, 3.8) is 0 Å². The normalized spacial score (nSPS) is 15.8. The van der Waals surface area contributed by atoms with Crippen LogP contribution in [0.2, 0.25) is 5.02 Å². The van der Waals surface area contributed by atoms with Gasteiger partial charge in [0, 0.05) is 38.2 Å². The van der Waals surface area contributed by atoms with Gasteiger partial charge in [-0.2, -0.15) is 15.1 Å². The van der Waals surface area contributed by atoms with Crippen LogP contribution in [0.4, 0.5) is 29.0 Å². The molecular formula is C23H27ClN9O4+. The molecular weight excluding hydrogens is 502 g/mol. The molecule has 1 saturated carbocycles. The van der Waals surface area contributed by atoms with Gasteiger partial charge in [-0.1, -0.05) is 23.7 Å². The molecule has 3 aromatic rings. The lowest BCUT2D eigenvalue weighted by Crippen LogP contribution is -2.41. The van der Waals surface area contributed by atoms with Gasteiger partial charge < -0.3 is 20.7 Å². The van der Waals surface area contributed by atoms with E-state index < -0.39 is 16.5 Å². The summed E-state index contributed by atoms with van der Waals surface area (Å²) in [4.78, 5) is 35.7. The van der Waals surface area contributed by atoms with Gasteiger partial charge in [0.1, 0.15) is 5.82 Å². The summed E-state index contributed by atoms with van der Waals surface area (Å²) in [5.41, 5.74) is 0.642. The van der Waals surface area contributed by atoms with E-state index in [1.165, 1.54) is 0 Å². The number of nitrogens with zero attached hydrogens (tertiary/aromatic N) is 5. The summed E-state index contributed by atoms with van der Waals surface area (Å²) < 4.78 is 5.34. The standard InChI is InChI=1S/C23H26ClN9O4/c24-15-3-1-2-4-16(15)26-23-28-19(22(34)25-7-8-32-9-11-37-12-10-32)20(33(35)36)21(29-23)27-18-13-17(30-31-18)14-5-6-14/h1-4,13-14H,5-12H2,(H4-,25,26,27,28,29,30,31,34,35,36)/p+1. The smallest absolute Gasteiger partial charge is 0.379 e. The number of H-pyrrole nitrogens is 1. The number of hydrogen-bond donors (Lipinski definition) is 5. The molecule has 1 aliphatic heterocycles. The van der Waals surface area contributed by atoms with Crippen molar-refractivity contribution in [1.29, 1.82) is 0 Å². The predicted octanol–water partition coefficient (Wildman–Crippen LogP) is 3.08. The Hall–Kier alpha value is -3.81. The highest BCUT2D eigenvalue weighted by Gasteiger charge is 2.34. The fourth-order valence-electron chi connectivity index (χ4n) is 3.97. The molecule has 0 radical (unpaired) electrons. The summed E-state index contributed by atoms with van der Waals surface area (Å²) in [7, 11) is 0. The lowest BCUT2D eigenvalue weighted by atomic mass is 10.2. The van der Waals surface area contributed by atoms with Crippen molar-refractivity contribution in [3.05, 3.63) is 51.6 Å². The second-order valence-electron chi connectivity index (χ2n) is 8.79. The number of hydrogen-bond acceptors (Lipinski definition) is 9. The first kappa shape index (κ1) is 24.9. The fraction of sp³-hybridized carbons (Fsp3) is 0.391. The maximum absolute atomic E-state index is 13.2. The Balaban J connectivity index is 1.44. The lowest BCUT2D eigenvalue weighted by Gasteiger charge is -2.26. The Morgan fingerprint density at radius 1 is 1.22 bits per heavy atom. The van der Waals surface area contributed by atoms with Crippen molar-refractivity contribution in [2.75, 3.05) is 50.0 Å². The summed E-state index contributed by atoms with van der Waals surface area (Å²) in [6.07, 6.45) is 2.13. The van der Waals surface area contributed by atoms with Gasteiger partial charge in [0.2, 0.25) is 17.5 Å². The van der Waals surface area contributed by atoms with E-state index in [-0.39, 0.29) is 17.5 Å². The number of rotatable bonds is 10. The molecule has 13 nitrogen and oxygen atoms in total. The van der Waals surface area contributed by atoms with Crippen molar-refractivity contribution >= 4 is 46.5 Å². The van der Waals surface area contributed by atoms with Crippen LogP contribution in [0, 0.1) is 4.91 Å². The number of morpholine rings is 1. The number of ether oxygens (including phenoxy) is 1. The van der Waals surface area contributed by atoms with E-state index in [4.69, 9.17) is 16.3 Å². The largest absolute Gasteiger partial charge is 0.389 e. The SMILES string of the molecule is O=C(NCCN1CCOCC1)c1nc(Nc2ccccc2Cl)nc(Nc2cc(C3CC3)n[nH]2)c1[N+](=O)O. The van der Waals surface area contributed by atoms with Gasteiger partial charge in [-0.25, -0.2) is 5.21 Å². The van der Waals surface area contributed by atoms with E-state index >= 15 is 0 Å². The number of carbonyl (C=O) groups excluding carboxylic acids is 1. The Labute approximate surface area is 217 Å². The number of amides is 1. The number of para-hydroxylation sites is 1. The van der Waals surface area contributed by atoms with Crippen LogP contribution in [-0.2, 0) is 4.74 Å². The highest BCUT2D eigenvalue weighted by atomic mass is 35.5. The first-order valence-electron chi connectivity index (χ1n) is 12.0. The number of halogens is 1. The average Bonchev–Trinajstić information content (AvgIpc) is 3.64. The van der Waals surface area contributed by atoms with E-state index in [0.717, 1.165) is 31.6 Å². The second kappa shape index (κ2) is 11.1. The minimum atomic E-state index is -0.644. The highest BCUT2D eigenvalue weighted by molar-refractivity contribution is 6.33. The zero-order valence-electron chi connectivity index (χ0n) is 19.9. The molecule has 14 heteroatoms. The molecule has 1 amide bonds. The molecule has 0 bridgehead atoms. The van der Waals surface area contributed by atoms with Gasteiger partial charge >= 0.3 is 5.69 Å². The van der Waals surface area contributed by atoms with Crippen LogP contribution in [-0.4, -0.2) is 80.5 Å². The molecule has 5 rings (SSSR count). The first-order chi connectivity index (χ1) is 18.0. The van der Waals surface area contributed by atoms with E-state index in [2.05, 4.69) is 41.0 Å². The van der Waals surface area contributed by atoms with E-state index in [1.54, 1.807) is 30.3 Å². The summed E-state index contributed by atoms with van der Waals surface area (Å²) in [5.74, 6) is 0.115. The zero-order chi connectivity index (χ0) is 25.8. The Morgan fingerprint density at radius 2 is 2.00 bits per heavy atom. The maximum Gasteiger partial charge on any atom is 0.389 e. The van der Waals surface area contributed by atoms with E-state index in [1.807, 2.05) is 0 Å². The predicted molar refractivity (Wildman–Crippen MR) is 135 cm³/mol. The molecule has 37 heavy (non-hydrogen) atoms. The molecule has 5 N–H and O–H groups in total. The topological polar surface area (TPSA) is 160 Å². The third-order valence-electron chi connectivity index (χ3n) is 6.07. The van der Waals surface area contributed by atoms with Crippen LogP contribution in [0.3, 0.4) is 0 Å². The van der Waals surface area contributed by atoms with Gasteiger partial charge in [0.15, 0.2) is 0 Å². The monoisotopic (exact) mass is 528 g/mol. The zero-order valence-corrected chi connectivity index (χ0v) is 20.7. The van der Waals surface area contributed by atoms with Gasteiger partial charge in [-0.3, -0.25) is 14.8 Å². The van der Waals surface area contributed by atoms with Crippen LogP contribution in [0.25, 0.3) is 0 Å². The molecule has 194 valence electrons. The fourth-order valence-corrected chi connectivity index (χ4v) is 4.16. The van der Waals surface area contributed by atoms with Crippen LogP contribution in [0.15, 0.2) is 30.3 Å². The Morgan fingerprint density at radius 3 is 2.73 bits per heavy atom. The molecule has 0 atom stereocenters. The van der Waals surface area contributed by atoms with Crippen LogP contribution < -0.4 is 16.0 Å². The molecule has 1 aliphatic carbocycles. The maximum atomic E-state index is 13.2. The molecule has 1 saturated heterocycles. The summed E-state index contributed by atoms with van der Waals surface area (Å²) in [5, 5.41) is 26.2.